The van der Waals surface area contributed by atoms with E-state index in [0.29, 0.717) is 22.3 Å². The second-order valence-electron chi connectivity index (χ2n) is 16.2. The summed E-state index contributed by atoms with van der Waals surface area (Å²) in [6.07, 6.45) is 0. The first kappa shape index (κ1) is 20.1. The normalized spacial score (nSPS) is 17.5. The predicted octanol–water partition coefficient (Wildman–Crippen LogP) is 16.8. The van der Waals surface area contributed by atoms with Crippen LogP contribution in [-0.2, 0) is 0 Å². The summed E-state index contributed by atoms with van der Waals surface area (Å²) in [6.45, 7) is 10.8. The van der Waals surface area contributed by atoms with Crippen molar-refractivity contribution < 1.29 is 32.9 Å². The van der Waals surface area contributed by atoms with E-state index in [2.05, 4.69) is 0 Å². The zero-order valence-electron chi connectivity index (χ0n) is 59.1. The summed E-state index contributed by atoms with van der Waals surface area (Å²) in [7, 11) is 0. The third-order valence-electron chi connectivity index (χ3n) is 12.9. The fourth-order valence-electron chi connectivity index (χ4n) is 9.47. The molecule has 64 heavy (non-hydrogen) atoms. The first-order valence-corrected chi connectivity index (χ1v) is 20.5. The number of nitrogens with zero attached hydrogens (tertiary/aromatic N) is 4. The Morgan fingerprint density at radius 2 is 0.703 bits per heavy atom. The van der Waals surface area contributed by atoms with Crippen LogP contribution in [0.15, 0.2) is 169 Å². The average Bonchev–Trinajstić information content (AvgIpc) is 1.49. The van der Waals surface area contributed by atoms with Crippen LogP contribution in [0.5, 0.6) is 0 Å². The lowest BCUT2D eigenvalue weighted by atomic mass is 10.00. The molecule has 0 atom stereocenters. The van der Waals surface area contributed by atoms with Crippen LogP contribution in [0, 0.1) is 41.5 Å². The molecule has 4 aromatic heterocycles. The molecule has 0 saturated heterocycles. The lowest BCUT2D eigenvalue weighted by Gasteiger charge is -2.27. The predicted molar refractivity (Wildman–Crippen MR) is 274 cm³/mol. The molecule has 0 aliphatic rings. The molecule has 0 unspecified atom stereocenters. The Morgan fingerprint density at radius 1 is 0.344 bits per heavy atom. The van der Waals surface area contributed by atoms with Crippen molar-refractivity contribution in [2.75, 3.05) is 9.80 Å². The van der Waals surface area contributed by atoms with Crippen LogP contribution >= 0.6 is 0 Å². The van der Waals surface area contributed by atoms with Gasteiger partial charge < -0.3 is 18.6 Å². The van der Waals surface area contributed by atoms with Gasteiger partial charge in [-0.1, -0.05) is 84.6 Å². The fourth-order valence-corrected chi connectivity index (χ4v) is 9.47. The highest BCUT2D eigenvalue weighted by molar-refractivity contribution is 6.32. The maximum atomic E-state index is 10.6. The molecule has 0 N–H and O–H groups in total. The van der Waals surface area contributed by atoms with Gasteiger partial charge in [-0.05, 0) is 160 Å². The monoisotopic (exact) mass is 847 g/mol. The first-order valence-electron chi connectivity index (χ1n) is 32.5. The molecule has 13 rings (SSSR count). The number of anilines is 6. The molecule has 0 fully saturated rings. The maximum absolute atomic E-state index is 10.6. The van der Waals surface area contributed by atoms with Gasteiger partial charge in [-0.15, -0.1) is 0 Å². The Hall–Kier alpha value is -7.82. The Bertz CT molecular complexity index is 5030. The molecular weight excluding hydrogens is 777 g/mol. The molecule has 9 aromatic carbocycles. The highest BCUT2D eigenvalue weighted by Gasteiger charge is 2.28. The SMILES string of the molecule is [2H]c1c([2H])c([2H])c(N(c2cc(C)c(C)c(C)c2)c2c([2H])c([2H])c3c4c([2H])c5c(c([2H])c4n4c6c([2H])c([2H])c([2H])c([2H])c6c2c34)c2c([2H])c([2H])c(N(c3cc(C)c(C)c(C)c3)c3c([2H])c([2H])c([2H])c([2H])c3[2H])c3c4c([2H])c([2H])c([2H])c([2H])c4n5c23)c([2H])c1[2H]. The summed E-state index contributed by atoms with van der Waals surface area (Å²) in [5, 5.41) is -2.02. The van der Waals surface area contributed by atoms with Crippen molar-refractivity contribution in [2.45, 2.75) is 41.5 Å². The van der Waals surface area contributed by atoms with Crippen molar-refractivity contribution in [1.82, 2.24) is 8.80 Å². The largest absolute Gasteiger partial charge is 0.310 e. The first-order chi connectivity index (χ1) is 41.3. The van der Waals surface area contributed by atoms with E-state index in [9.17, 15) is 19.2 Å². The van der Waals surface area contributed by atoms with Crippen LogP contribution in [0.2, 0.25) is 0 Å². The van der Waals surface area contributed by atoms with E-state index in [4.69, 9.17) is 13.7 Å². The number of rotatable bonds is 6. The van der Waals surface area contributed by atoms with Gasteiger partial charge >= 0.3 is 0 Å². The van der Waals surface area contributed by atoms with Crippen LogP contribution in [0.4, 0.5) is 34.1 Å². The van der Waals surface area contributed by atoms with Crippen LogP contribution in [0.25, 0.3) is 76.2 Å². The van der Waals surface area contributed by atoms with Gasteiger partial charge in [-0.3, -0.25) is 0 Å². The van der Waals surface area contributed by atoms with Crippen LogP contribution < -0.4 is 9.80 Å². The van der Waals surface area contributed by atoms with Crippen molar-refractivity contribution in [3.8, 4) is 0 Å². The molecule has 4 nitrogen and oxygen atoms in total. The molecule has 0 saturated carbocycles. The number of benzene rings is 9. The van der Waals surface area contributed by atoms with Crippen molar-refractivity contribution in [2.24, 2.45) is 0 Å². The van der Waals surface area contributed by atoms with Crippen LogP contribution in [-0.4, -0.2) is 8.80 Å². The molecule has 0 aliphatic carbocycles. The molecule has 0 radical (unpaired) electrons. The van der Waals surface area contributed by atoms with Crippen molar-refractivity contribution in [3.63, 3.8) is 0 Å². The topological polar surface area (TPSA) is 15.3 Å². The van der Waals surface area contributed by atoms with Crippen LogP contribution in [0.3, 0.4) is 0 Å². The fraction of sp³-hybridized carbons (Fsp3) is 0.100. The van der Waals surface area contributed by atoms with E-state index in [1.165, 1.54) is 18.6 Å². The van der Waals surface area contributed by atoms with E-state index in [1.54, 1.807) is 52.0 Å². The summed E-state index contributed by atoms with van der Waals surface area (Å²) >= 11 is 0. The number of aromatic nitrogens is 2. The van der Waals surface area contributed by atoms with Gasteiger partial charge in [0.05, 0.1) is 77.4 Å². The van der Waals surface area contributed by atoms with Gasteiger partial charge in [0.1, 0.15) is 0 Å². The average molecular weight is 847 g/mol. The van der Waals surface area contributed by atoms with Gasteiger partial charge in [0.15, 0.2) is 0 Å². The standard InChI is InChI=1S/C60H46N4/c1-35-29-43(30-36(2)39(35)5)61(41-17-9-7-10-18-41)53-27-25-45-49-33-56-50(34-55(49)63-51-23-15-13-21-47(51)57(53)59(45)63)46-26-28-54(58-48-22-14-16-24-52(48)64(56)60(46)58)62(42-19-11-8-12-20-42)44-31-37(3)40(6)38(4)32-44/h7-34H,1-6H3/i7D,8D,9D,10D,11D,12D,13D,14D,15D,16D,17D,18D,19D,20D,21D,22D,23D,24D,25D,26D,27D,28D,33D,34D. The minimum Gasteiger partial charge on any atom is -0.310 e. The van der Waals surface area contributed by atoms with Crippen molar-refractivity contribution in [1.29, 1.82) is 0 Å². The minimum atomic E-state index is -0.754. The second kappa shape index (κ2) is 13.3. The molecule has 0 aliphatic heterocycles. The molecular formula is C60H46N4. The number of aryl methyl sites for hydroxylation is 4. The molecule has 306 valence electrons. The van der Waals surface area contributed by atoms with Gasteiger partial charge in [-0.2, -0.15) is 0 Å². The highest BCUT2D eigenvalue weighted by atomic mass is 15.2. The zero-order valence-corrected chi connectivity index (χ0v) is 35.1. The second-order valence-corrected chi connectivity index (χ2v) is 16.2. The van der Waals surface area contributed by atoms with E-state index in [-0.39, 0.29) is 98.9 Å². The minimum absolute atomic E-state index is 0.136. The van der Waals surface area contributed by atoms with Gasteiger partial charge in [0, 0.05) is 65.8 Å². The Labute approximate surface area is 405 Å². The summed E-state index contributed by atoms with van der Waals surface area (Å²) in [5.41, 5.74) is 1.38. The van der Waals surface area contributed by atoms with Crippen LogP contribution in [0.1, 0.15) is 66.3 Å². The summed E-state index contributed by atoms with van der Waals surface area (Å²) in [6, 6.07) is -10.4. The molecule has 0 amide bonds. The van der Waals surface area contributed by atoms with E-state index >= 15 is 0 Å². The van der Waals surface area contributed by atoms with E-state index < -0.39 is 156 Å². The van der Waals surface area contributed by atoms with E-state index in [0.717, 1.165) is 11.1 Å². The molecule has 4 heteroatoms. The molecule has 0 bridgehead atoms. The Morgan fingerprint density at radius 3 is 1.09 bits per heavy atom. The Kier molecular flexibility index (Phi) is 4.20. The molecule has 0 spiro atoms. The zero-order chi connectivity index (χ0) is 64.0. The lowest BCUT2D eigenvalue weighted by Crippen LogP contribution is -2.11. The van der Waals surface area contributed by atoms with Gasteiger partial charge in [0.25, 0.3) is 0 Å². The lowest BCUT2D eigenvalue weighted by molar-refractivity contribution is 1.22. The number of para-hydroxylation sites is 4. The smallest absolute Gasteiger partial charge is 0.0653 e. The summed E-state index contributed by atoms with van der Waals surface area (Å²) < 4.78 is 229. The number of hydrogen-bond acceptors (Lipinski definition) is 2. The highest BCUT2D eigenvalue weighted by Crippen LogP contribution is 2.51. The number of fused-ring (bicyclic) bond motifs is 12. The molecule has 13 aromatic rings. The Balaban J connectivity index is 1.31. The third-order valence-corrected chi connectivity index (χ3v) is 12.9. The van der Waals surface area contributed by atoms with Gasteiger partial charge in [-0.25, -0.2) is 0 Å². The number of hydrogen-bond donors (Lipinski definition) is 0. The summed E-state index contributed by atoms with van der Waals surface area (Å²) in [4.78, 5) is 2.41. The third kappa shape index (κ3) is 4.94. The van der Waals surface area contributed by atoms with Gasteiger partial charge in [0.2, 0.25) is 0 Å². The summed E-state index contributed by atoms with van der Waals surface area (Å²) in [5.74, 6) is 0. The maximum Gasteiger partial charge on any atom is 0.0653 e. The van der Waals surface area contributed by atoms with Crippen molar-refractivity contribution in [3.05, 3.63) is 203 Å². The van der Waals surface area contributed by atoms with E-state index in [1.807, 2.05) is 13.8 Å². The molecule has 4 heterocycles. The quantitative estimate of drug-likeness (QED) is 0.166. The van der Waals surface area contributed by atoms with Crippen molar-refractivity contribution >= 4 is 110 Å².